The third kappa shape index (κ3) is 6.38. The molecular formula is C26H27ClO2S. The molecule has 0 amide bonds. The Bertz CT molecular complexity index is 974. The van der Waals surface area contributed by atoms with Crippen molar-refractivity contribution in [1.29, 1.82) is 0 Å². The van der Waals surface area contributed by atoms with Gasteiger partial charge in [0.1, 0.15) is 18.6 Å². The van der Waals surface area contributed by atoms with E-state index in [4.69, 9.17) is 16.3 Å². The van der Waals surface area contributed by atoms with Crippen molar-refractivity contribution in [3.05, 3.63) is 88.9 Å². The molecule has 2 nitrogen and oxygen atoms in total. The van der Waals surface area contributed by atoms with E-state index < -0.39 is 0 Å². The van der Waals surface area contributed by atoms with Gasteiger partial charge in [-0.25, -0.2) is 0 Å². The molecule has 0 aliphatic rings. The number of hydrogen-bond acceptors (Lipinski definition) is 3. The van der Waals surface area contributed by atoms with Crippen LogP contribution in [-0.2, 0) is 17.8 Å². The maximum absolute atomic E-state index is 11.3. The van der Waals surface area contributed by atoms with Gasteiger partial charge in [-0.15, -0.1) is 0 Å². The Kier molecular flexibility index (Phi) is 8.01. The summed E-state index contributed by atoms with van der Waals surface area (Å²) in [5.74, 6) is 0.847. The Morgan fingerprint density at radius 1 is 1.00 bits per heavy atom. The summed E-state index contributed by atoms with van der Waals surface area (Å²) in [6.45, 7) is 4.60. The fraction of sp³-hybridized carbons (Fsp3) is 0.269. The van der Waals surface area contributed by atoms with Gasteiger partial charge in [0.05, 0.1) is 0 Å². The molecular weight excluding hydrogens is 412 g/mol. The molecule has 0 spiro atoms. The van der Waals surface area contributed by atoms with Crippen LogP contribution in [0.5, 0.6) is 5.75 Å². The van der Waals surface area contributed by atoms with E-state index in [2.05, 4.69) is 30.3 Å². The lowest BCUT2D eigenvalue weighted by Gasteiger charge is -2.21. The summed E-state index contributed by atoms with van der Waals surface area (Å²) in [7, 11) is 0. The van der Waals surface area contributed by atoms with E-state index in [1.54, 1.807) is 11.8 Å². The molecule has 0 heterocycles. The molecule has 3 rings (SSSR count). The average molecular weight is 439 g/mol. The minimum absolute atomic E-state index is 0.281. The molecule has 0 aliphatic heterocycles. The van der Waals surface area contributed by atoms with Gasteiger partial charge in [0.25, 0.3) is 0 Å². The van der Waals surface area contributed by atoms with Crippen molar-refractivity contribution in [2.45, 2.75) is 49.5 Å². The van der Waals surface area contributed by atoms with Crippen molar-refractivity contribution in [3.8, 4) is 5.75 Å². The van der Waals surface area contributed by atoms with Gasteiger partial charge >= 0.3 is 0 Å². The Balaban J connectivity index is 1.62. The van der Waals surface area contributed by atoms with E-state index in [1.807, 2.05) is 56.3 Å². The maximum atomic E-state index is 11.3. The van der Waals surface area contributed by atoms with Crippen LogP contribution in [0.25, 0.3) is 0 Å². The molecule has 30 heavy (non-hydrogen) atoms. The molecule has 3 aromatic carbocycles. The number of carbonyl (C=O) groups excluding carboxylic acids is 1. The number of aldehydes is 1. The molecule has 0 N–H and O–H groups in total. The quantitative estimate of drug-likeness (QED) is 0.304. The van der Waals surface area contributed by atoms with Gasteiger partial charge in [0, 0.05) is 20.2 Å². The van der Waals surface area contributed by atoms with E-state index >= 15 is 0 Å². The average Bonchev–Trinajstić information content (AvgIpc) is 2.78. The van der Waals surface area contributed by atoms with Crippen LogP contribution >= 0.6 is 23.4 Å². The van der Waals surface area contributed by atoms with Gasteiger partial charge < -0.3 is 9.53 Å². The molecule has 1 atom stereocenters. The molecule has 0 bridgehead atoms. The zero-order valence-corrected chi connectivity index (χ0v) is 19.0. The lowest BCUT2D eigenvalue weighted by molar-refractivity contribution is -0.115. The van der Waals surface area contributed by atoms with E-state index in [1.165, 1.54) is 0 Å². The number of carbonyl (C=O) groups is 1. The molecule has 4 heteroatoms. The number of rotatable bonds is 10. The Morgan fingerprint density at radius 3 is 2.47 bits per heavy atom. The molecule has 0 saturated heterocycles. The van der Waals surface area contributed by atoms with E-state index in [0.717, 1.165) is 57.2 Å². The third-order valence-electron chi connectivity index (χ3n) is 5.37. The SMILES string of the molecule is CCC(C)(C=O)CCc1ccc(Sc2cccc(OCc3ccccc3)c2)cc1Cl. The van der Waals surface area contributed by atoms with E-state index in [9.17, 15) is 4.79 Å². The van der Waals surface area contributed by atoms with Gasteiger partial charge in [-0.05, 0) is 60.7 Å². The van der Waals surface area contributed by atoms with Crippen molar-refractivity contribution >= 4 is 29.6 Å². The highest BCUT2D eigenvalue weighted by Gasteiger charge is 2.21. The number of hydrogen-bond donors (Lipinski definition) is 0. The summed E-state index contributed by atoms with van der Waals surface area (Å²) in [4.78, 5) is 13.5. The molecule has 0 fully saturated rings. The molecule has 0 saturated carbocycles. The topological polar surface area (TPSA) is 26.3 Å². The van der Waals surface area contributed by atoms with E-state index in [0.29, 0.717) is 6.61 Å². The summed E-state index contributed by atoms with van der Waals surface area (Å²) in [5.41, 5.74) is 1.95. The Labute approximate surface area is 188 Å². The second-order valence-electron chi connectivity index (χ2n) is 7.73. The highest BCUT2D eigenvalue weighted by molar-refractivity contribution is 7.99. The lowest BCUT2D eigenvalue weighted by Crippen LogP contribution is -2.17. The van der Waals surface area contributed by atoms with Gasteiger partial charge in [-0.1, -0.05) is 79.7 Å². The largest absolute Gasteiger partial charge is 0.489 e. The first-order valence-corrected chi connectivity index (χ1v) is 11.4. The number of benzene rings is 3. The Hall–Kier alpha value is -2.23. The monoisotopic (exact) mass is 438 g/mol. The van der Waals surface area contributed by atoms with Crippen LogP contribution in [0.4, 0.5) is 0 Å². The smallest absolute Gasteiger partial charge is 0.125 e. The van der Waals surface area contributed by atoms with E-state index in [-0.39, 0.29) is 5.41 Å². The molecule has 0 aromatic heterocycles. The van der Waals surface area contributed by atoms with Gasteiger partial charge in [-0.2, -0.15) is 0 Å². The highest BCUT2D eigenvalue weighted by atomic mass is 35.5. The molecule has 3 aromatic rings. The number of aryl methyl sites for hydroxylation is 1. The minimum atomic E-state index is -0.281. The predicted octanol–water partition coefficient (Wildman–Crippen LogP) is 7.62. The normalized spacial score (nSPS) is 12.9. The van der Waals surface area contributed by atoms with Crippen molar-refractivity contribution in [2.75, 3.05) is 0 Å². The first-order valence-electron chi connectivity index (χ1n) is 10.2. The summed E-state index contributed by atoms with van der Waals surface area (Å²) in [6.07, 6.45) is 3.51. The van der Waals surface area contributed by atoms with Crippen LogP contribution in [0.2, 0.25) is 5.02 Å². The van der Waals surface area contributed by atoms with Gasteiger partial charge in [0.15, 0.2) is 0 Å². The lowest BCUT2D eigenvalue weighted by atomic mass is 9.83. The first-order chi connectivity index (χ1) is 14.5. The van der Waals surface area contributed by atoms with Crippen molar-refractivity contribution in [3.63, 3.8) is 0 Å². The van der Waals surface area contributed by atoms with Crippen molar-refractivity contribution < 1.29 is 9.53 Å². The fourth-order valence-electron chi connectivity index (χ4n) is 3.04. The molecule has 0 aliphatic carbocycles. The van der Waals surface area contributed by atoms with Gasteiger partial charge in [-0.3, -0.25) is 0 Å². The second kappa shape index (κ2) is 10.7. The third-order valence-corrected chi connectivity index (χ3v) is 6.70. The van der Waals surface area contributed by atoms with Gasteiger partial charge in [0.2, 0.25) is 0 Å². The summed E-state index contributed by atoms with van der Waals surface area (Å²) >= 11 is 8.19. The fourth-order valence-corrected chi connectivity index (χ4v) is 4.28. The zero-order valence-electron chi connectivity index (χ0n) is 17.4. The predicted molar refractivity (Wildman–Crippen MR) is 126 cm³/mol. The maximum Gasteiger partial charge on any atom is 0.125 e. The van der Waals surface area contributed by atoms with Crippen LogP contribution < -0.4 is 4.74 Å². The van der Waals surface area contributed by atoms with Crippen LogP contribution in [0.3, 0.4) is 0 Å². The summed E-state index contributed by atoms with van der Waals surface area (Å²) in [6, 6.07) is 24.4. The molecule has 156 valence electrons. The van der Waals surface area contributed by atoms with Crippen molar-refractivity contribution in [1.82, 2.24) is 0 Å². The summed E-state index contributed by atoms with van der Waals surface area (Å²) in [5, 5.41) is 0.751. The minimum Gasteiger partial charge on any atom is -0.489 e. The van der Waals surface area contributed by atoms with Crippen LogP contribution in [0.15, 0.2) is 82.6 Å². The van der Waals surface area contributed by atoms with Crippen molar-refractivity contribution in [2.24, 2.45) is 5.41 Å². The van der Waals surface area contributed by atoms with Crippen LogP contribution in [0.1, 0.15) is 37.8 Å². The standard InChI is InChI=1S/C26H27ClO2S/c1-3-26(2,19-28)15-14-21-12-13-24(17-25(21)27)30-23-11-7-10-22(16-23)29-18-20-8-5-4-6-9-20/h4-13,16-17,19H,3,14-15,18H2,1-2H3. The zero-order chi connectivity index (χ0) is 21.4. The van der Waals surface area contributed by atoms with Crippen LogP contribution in [-0.4, -0.2) is 6.29 Å². The highest BCUT2D eigenvalue weighted by Crippen LogP contribution is 2.34. The first kappa shape index (κ1) is 22.5. The Morgan fingerprint density at radius 2 is 1.77 bits per heavy atom. The molecule has 1 unspecified atom stereocenters. The molecule has 0 radical (unpaired) electrons. The van der Waals surface area contributed by atoms with Crippen LogP contribution in [0, 0.1) is 5.41 Å². The second-order valence-corrected chi connectivity index (χ2v) is 9.28. The summed E-state index contributed by atoms with van der Waals surface area (Å²) < 4.78 is 5.93. The number of halogens is 1. The number of ether oxygens (including phenoxy) is 1.